The van der Waals surface area contributed by atoms with Gasteiger partial charge in [0.05, 0.1) is 5.52 Å². The van der Waals surface area contributed by atoms with Gasteiger partial charge in [-0.25, -0.2) is 9.97 Å². The number of nitrogen functional groups attached to an aromatic ring is 1. The highest BCUT2D eigenvalue weighted by molar-refractivity contribution is 8.01. The number of anilines is 1. The molecular formula is C13H11N3S2. The van der Waals surface area contributed by atoms with Crippen molar-refractivity contribution in [2.24, 2.45) is 0 Å². The topological polar surface area (TPSA) is 51.8 Å². The molecule has 1 aromatic carbocycles. The van der Waals surface area contributed by atoms with Gasteiger partial charge in [0, 0.05) is 22.1 Å². The number of pyridine rings is 1. The van der Waals surface area contributed by atoms with Crippen molar-refractivity contribution in [3.63, 3.8) is 0 Å². The number of hydrogen-bond donors (Lipinski definition) is 1. The molecule has 2 heterocycles. The Morgan fingerprint density at radius 2 is 2.06 bits per heavy atom. The summed E-state index contributed by atoms with van der Waals surface area (Å²) in [5.74, 6) is 0. The summed E-state index contributed by atoms with van der Waals surface area (Å²) in [6.45, 7) is 2.00. The van der Waals surface area contributed by atoms with E-state index in [0.717, 1.165) is 31.6 Å². The highest BCUT2D eigenvalue weighted by Gasteiger charge is 2.04. The first-order chi connectivity index (χ1) is 8.70. The number of thiazole rings is 1. The van der Waals surface area contributed by atoms with Crippen LogP contribution in [0.25, 0.3) is 10.9 Å². The molecule has 2 aromatic heterocycles. The average Bonchev–Trinajstić information content (AvgIpc) is 2.75. The standard InChI is InChI=1S/C13H11N3S2/c1-8-7-17-13(15-8)18-12-5-2-9-6-10(14)3-4-11(9)16-12/h2-7H,14H2,1H3. The monoisotopic (exact) mass is 273 g/mol. The maximum Gasteiger partial charge on any atom is 0.156 e. The predicted octanol–water partition coefficient (Wildman–Crippen LogP) is 3.73. The van der Waals surface area contributed by atoms with E-state index in [1.165, 1.54) is 0 Å². The summed E-state index contributed by atoms with van der Waals surface area (Å²) < 4.78 is 1.02. The molecule has 0 aliphatic heterocycles. The van der Waals surface area contributed by atoms with Crippen molar-refractivity contribution >= 4 is 39.7 Å². The van der Waals surface area contributed by atoms with Crippen molar-refractivity contribution in [1.29, 1.82) is 0 Å². The number of aromatic nitrogens is 2. The Labute approximate surface area is 113 Å². The van der Waals surface area contributed by atoms with E-state index >= 15 is 0 Å². The smallest absolute Gasteiger partial charge is 0.156 e. The second-order valence-electron chi connectivity index (χ2n) is 3.96. The SMILES string of the molecule is Cc1csc(Sc2ccc3cc(N)ccc3n2)n1. The van der Waals surface area contributed by atoms with Gasteiger partial charge in [-0.15, -0.1) is 11.3 Å². The van der Waals surface area contributed by atoms with Crippen LogP contribution in [-0.2, 0) is 0 Å². The molecule has 0 aliphatic carbocycles. The Balaban J connectivity index is 1.96. The second kappa shape index (κ2) is 4.59. The lowest BCUT2D eigenvalue weighted by Crippen LogP contribution is -1.86. The van der Waals surface area contributed by atoms with Crippen molar-refractivity contribution < 1.29 is 0 Å². The van der Waals surface area contributed by atoms with Gasteiger partial charge in [-0.05, 0) is 43.0 Å². The molecule has 0 amide bonds. The normalized spacial score (nSPS) is 10.9. The van der Waals surface area contributed by atoms with Crippen molar-refractivity contribution in [2.45, 2.75) is 16.3 Å². The molecule has 0 aliphatic rings. The van der Waals surface area contributed by atoms with Crippen LogP contribution in [0.5, 0.6) is 0 Å². The second-order valence-corrected chi connectivity index (χ2v) is 6.08. The lowest BCUT2D eigenvalue weighted by atomic mass is 10.2. The Morgan fingerprint density at radius 3 is 2.83 bits per heavy atom. The zero-order valence-corrected chi connectivity index (χ0v) is 11.4. The number of fused-ring (bicyclic) bond motifs is 1. The molecule has 5 heteroatoms. The third kappa shape index (κ3) is 2.32. The fourth-order valence-electron chi connectivity index (χ4n) is 1.65. The highest BCUT2D eigenvalue weighted by atomic mass is 32.2. The first-order valence-electron chi connectivity index (χ1n) is 5.47. The highest BCUT2D eigenvalue weighted by Crippen LogP contribution is 2.30. The van der Waals surface area contributed by atoms with Gasteiger partial charge in [0.1, 0.15) is 5.03 Å². The summed E-state index contributed by atoms with van der Waals surface area (Å²) >= 11 is 3.24. The van der Waals surface area contributed by atoms with Crippen LogP contribution in [0.3, 0.4) is 0 Å². The maximum absolute atomic E-state index is 5.75. The van der Waals surface area contributed by atoms with Crippen LogP contribution in [0.2, 0.25) is 0 Å². The molecule has 0 bridgehead atoms. The van der Waals surface area contributed by atoms with Gasteiger partial charge >= 0.3 is 0 Å². The fraction of sp³-hybridized carbons (Fsp3) is 0.0769. The minimum Gasteiger partial charge on any atom is -0.399 e. The quantitative estimate of drug-likeness (QED) is 0.723. The number of hydrogen-bond acceptors (Lipinski definition) is 5. The van der Waals surface area contributed by atoms with Crippen LogP contribution in [0.4, 0.5) is 5.69 Å². The summed E-state index contributed by atoms with van der Waals surface area (Å²) in [5.41, 5.74) is 8.52. The van der Waals surface area contributed by atoms with E-state index in [0.29, 0.717) is 0 Å². The molecule has 90 valence electrons. The van der Waals surface area contributed by atoms with Gasteiger partial charge in [0.25, 0.3) is 0 Å². The van der Waals surface area contributed by atoms with E-state index in [2.05, 4.69) is 9.97 Å². The zero-order chi connectivity index (χ0) is 12.5. The van der Waals surface area contributed by atoms with E-state index in [1.54, 1.807) is 23.1 Å². The molecule has 0 saturated heterocycles. The van der Waals surface area contributed by atoms with E-state index in [4.69, 9.17) is 5.73 Å². The molecule has 0 saturated carbocycles. The van der Waals surface area contributed by atoms with Crippen LogP contribution in [0.1, 0.15) is 5.69 Å². The number of nitrogens with zero attached hydrogens (tertiary/aromatic N) is 2. The lowest BCUT2D eigenvalue weighted by molar-refractivity contribution is 1.14. The number of aryl methyl sites for hydroxylation is 1. The van der Waals surface area contributed by atoms with Gasteiger partial charge in [0.2, 0.25) is 0 Å². The fourth-order valence-corrected chi connectivity index (χ4v) is 3.41. The van der Waals surface area contributed by atoms with Gasteiger partial charge in [-0.1, -0.05) is 6.07 Å². The maximum atomic E-state index is 5.75. The Bertz CT molecular complexity index is 706. The molecule has 0 unspecified atom stereocenters. The Kier molecular flexibility index (Phi) is 2.93. The number of nitrogens with two attached hydrogens (primary N) is 1. The van der Waals surface area contributed by atoms with Crippen molar-refractivity contribution in [3.05, 3.63) is 41.4 Å². The molecule has 3 nitrogen and oxygen atoms in total. The van der Waals surface area contributed by atoms with Crippen LogP contribution in [0, 0.1) is 6.92 Å². The first-order valence-corrected chi connectivity index (χ1v) is 7.16. The molecule has 0 fully saturated rings. The number of benzene rings is 1. The van der Waals surface area contributed by atoms with Gasteiger partial charge in [0.15, 0.2) is 4.34 Å². The van der Waals surface area contributed by atoms with Crippen molar-refractivity contribution in [1.82, 2.24) is 9.97 Å². The summed E-state index contributed by atoms with van der Waals surface area (Å²) in [4.78, 5) is 9.02. The van der Waals surface area contributed by atoms with Gasteiger partial charge in [-0.2, -0.15) is 0 Å². The lowest BCUT2D eigenvalue weighted by Gasteiger charge is -2.01. The van der Waals surface area contributed by atoms with E-state index in [9.17, 15) is 0 Å². The van der Waals surface area contributed by atoms with Gasteiger partial charge < -0.3 is 5.73 Å². The van der Waals surface area contributed by atoms with E-state index in [-0.39, 0.29) is 0 Å². The molecule has 3 rings (SSSR count). The minimum atomic E-state index is 0.764. The molecule has 3 aromatic rings. The van der Waals surface area contributed by atoms with Crippen LogP contribution in [0.15, 0.2) is 45.1 Å². The average molecular weight is 273 g/mol. The van der Waals surface area contributed by atoms with Gasteiger partial charge in [-0.3, -0.25) is 0 Å². The van der Waals surface area contributed by atoms with Crippen molar-refractivity contribution in [2.75, 3.05) is 5.73 Å². The molecule has 18 heavy (non-hydrogen) atoms. The largest absolute Gasteiger partial charge is 0.399 e. The number of rotatable bonds is 2. The third-order valence-corrected chi connectivity index (χ3v) is 4.47. The molecule has 0 atom stereocenters. The van der Waals surface area contributed by atoms with Crippen LogP contribution in [-0.4, -0.2) is 9.97 Å². The minimum absolute atomic E-state index is 0.764. The molecule has 2 N–H and O–H groups in total. The van der Waals surface area contributed by atoms with E-state index in [1.807, 2.05) is 42.6 Å². The van der Waals surface area contributed by atoms with Crippen LogP contribution >= 0.6 is 23.1 Å². The van der Waals surface area contributed by atoms with Crippen molar-refractivity contribution in [3.8, 4) is 0 Å². The molecule has 0 spiro atoms. The van der Waals surface area contributed by atoms with Crippen LogP contribution < -0.4 is 5.73 Å². The zero-order valence-electron chi connectivity index (χ0n) is 9.75. The molecular weight excluding hydrogens is 262 g/mol. The summed E-state index contributed by atoms with van der Waals surface area (Å²) in [5, 5.41) is 4.07. The predicted molar refractivity (Wildman–Crippen MR) is 77.1 cm³/mol. The Morgan fingerprint density at radius 1 is 1.17 bits per heavy atom. The molecule has 0 radical (unpaired) electrons. The van der Waals surface area contributed by atoms with E-state index < -0.39 is 0 Å². The summed E-state index contributed by atoms with van der Waals surface area (Å²) in [7, 11) is 0. The third-order valence-electron chi connectivity index (χ3n) is 2.48. The Hall–Kier alpha value is -1.59. The first kappa shape index (κ1) is 11.5. The summed E-state index contributed by atoms with van der Waals surface area (Å²) in [6, 6.07) is 9.80. The summed E-state index contributed by atoms with van der Waals surface area (Å²) in [6.07, 6.45) is 0.